The number of ether oxygens (including phenoxy) is 2. The molecule has 0 atom stereocenters. The Balaban J connectivity index is 0.000000686. The quantitative estimate of drug-likeness (QED) is 0.821. The first-order valence-corrected chi connectivity index (χ1v) is 5.91. The van der Waals surface area contributed by atoms with Crippen molar-refractivity contribution in [1.29, 1.82) is 0 Å². The zero-order valence-corrected chi connectivity index (χ0v) is 10.8. The van der Waals surface area contributed by atoms with Crippen LogP contribution < -0.4 is 14.8 Å². The van der Waals surface area contributed by atoms with Gasteiger partial charge in [-0.05, 0) is 19.9 Å². The van der Waals surface area contributed by atoms with Crippen LogP contribution in [0.5, 0.6) is 11.5 Å². The van der Waals surface area contributed by atoms with E-state index < -0.39 is 0 Å². The van der Waals surface area contributed by atoms with Crippen molar-refractivity contribution in [3.8, 4) is 11.5 Å². The molecule has 17 heavy (non-hydrogen) atoms. The highest BCUT2D eigenvalue weighted by atomic mass is 16.7. The topological polar surface area (TPSA) is 47.6 Å². The molecule has 94 valence electrons. The maximum Gasteiger partial charge on any atom is 0.231 e. The summed E-state index contributed by atoms with van der Waals surface area (Å²) >= 11 is 0. The second-order valence-electron chi connectivity index (χ2n) is 3.34. The maximum absolute atomic E-state index is 11.4. The van der Waals surface area contributed by atoms with E-state index in [4.69, 9.17) is 9.47 Å². The highest BCUT2D eigenvalue weighted by Crippen LogP contribution is 2.37. The Morgan fingerprint density at radius 1 is 1.29 bits per heavy atom. The summed E-state index contributed by atoms with van der Waals surface area (Å²) in [5, 5.41) is 3.13. The van der Waals surface area contributed by atoms with Gasteiger partial charge in [-0.3, -0.25) is 4.79 Å². The smallest absolute Gasteiger partial charge is 0.231 e. The second-order valence-corrected chi connectivity index (χ2v) is 3.34. The Labute approximate surface area is 102 Å². The Kier molecular flexibility index (Phi) is 4.82. The van der Waals surface area contributed by atoms with E-state index >= 15 is 0 Å². The maximum atomic E-state index is 11.4. The average molecular weight is 237 g/mol. The molecule has 0 spiro atoms. The number of carbonyl (C=O) groups excluding carboxylic acids is 1. The van der Waals surface area contributed by atoms with Gasteiger partial charge in [0.2, 0.25) is 6.79 Å². The lowest BCUT2D eigenvalue weighted by molar-refractivity contribution is 0.101. The van der Waals surface area contributed by atoms with Crippen molar-refractivity contribution in [2.24, 2.45) is 0 Å². The molecule has 1 N–H and O–H groups in total. The lowest BCUT2D eigenvalue weighted by Gasteiger charge is -2.09. The van der Waals surface area contributed by atoms with Crippen LogP contribution in [0.25, 0.3) is 0 Å². The van der Waals surface area contributed by atoms with Crippen molar-refractivity contribution in [2.75, 3.05) is 18.7 Å². The summed E-state index contributed by atoms with van der Waals surface area (Å²) in [6.45, 7) is 8.51. The van der Waals surface area contributed by atoms with E-state index in [0.29, 0.717) is 17.1 Å². The lowest BCUT2D eigenvalue weighted by atomic mass is 10.1. The van der Waals surface area contributed by atoms with Gasteiger partial charge in [0.15, 0.2) is 17.3 Å². The normalized spacial score (nSPS) is 11.5. The third kappa shape index (κ3) is 2.90. The Hall–Kier alpha value is -1.71. The van der Waals surface area contributed by atoms with Crippen molar-refractivity contribution in [3.05, 3.63) is 17.7 Å². The van der Waals surface area contributed by atoms with Gasteiger partial charge in [0.25, 0.3) is 0 Å². The summed E-state index contributed by atoms with van der Waals surface area (Å²) in [4.78, 5) is 11.4. The second kappa shape index (κ2) is 6.13. The van der Waals surface area contributed by atoms with E-state index in [1.807, 2.05) is 26.8 Å². The molecule has 0 fully saturated rings. The molecule has 0 aromatic heterocycles. The van der Waals surface area contributed by atoms with E-state index in [0.717, 1.165) is 12.2 Å². The molecule has 1 heterocycles. The molecule has 0 saturated carbocycles. The number of carbonyl (C=O) groups is 1. The van der Waals surface area contributed by atoms with Crippen molar-refractivity contribution in [1.82, 2.24) is 0 Å². The van der Waals surface area contributed by atoms with E-state index in [9.17, 15) is 4.79 Å². The molecule has 0 aliphatic carbocycles. The van der Waals surface area contributed by atoms with Gasteiger partial charge in [-0.25, -0.2) is 0 Å². The van der Waals surface area contributed by atoms with Crippen molar-refractivity contribution < 1.29 is 14.3 Å². The number of hydrogen-bond donors (Lipinski definition) is 1. The van der Waals surface area contributed by atoms with E-state index in [1.165, 1.54) is 0 Å². The molecule has 0 saturated heterocycles. The Morgan fingerprint density at radius 3 is 2.41 bits per heavy atom. The number of fused-ring (bicyclic) bond motifs is 1. The first-order chi connectivity index (χ1) is 8.22. The predicted octanol–water partition coefficient (Wildman–Crippen LogP) is 3.08. The molecule has 0 amide bonds. The fourth-order valence-corrected chi connectivity index (χ4v) is 1.57. The van der Waals surface area contributed by atoms with Crippen LogP contribution in [-0.4, -0.2) is 19.1 Å². The summed E-state index contributed by atoms with van der Waals surface area (Å²) in [7, 11) is 0. The molecule has 1 aliphatic heterocycles. The minimum Gasteiger partial charge on any atom is -0.454 e. The highest BCUT2D eigenvalue weighted by molar-refractivity contribution is 6.00. The SMILES string of the molecule is CC.CCNc1cc2c(cc1C(C)=O)OCO2. The molecule has 0 unspecified atom stereocenters. The Morgan fingerprint density at radius 2 is 1.88 bits per heavy atom. The minimum atomic E-state index is 0.0178. The van der Waals surface area contributed by atoms with Gasteiger partial charge in [-0.2, -0.15) is 0 Å². The molecular weight excluding hydrogens is 218 g/mol. The number of benzene rings is 1. The van der Waals surface area contributed by atoms with E-state index in [-0.39, 0.29) is 12.6 Å². The number of nitrogens with one attached hydrogen (secondary N) is 1. The molecule has 0 radical (unpaired) electrons. The average Bonchev–Trinajstić information content (AvgIpc) is 2.78. The zero-order chi connectivity index (χ0) is 12.8. The van der Waals surface area contributed by atoms with Crippen LogP contribution in [0.3, 0.4) is 0 Å². The summed E-state index contributed by atoms with van der Waals surface area (Å²) in [6.07, 6.45) is 0. The van der Waals surface area contributed by atoms with Gasteiger partial charge in [0.05, 0.1) is 0 Å². The standard InChI is InChI=1S/C11H13NO3.C2H6/c1-3-12-9-5-11-10(14-6-15-11)4-8(9)7(2)13;1-2/h4-5,12H,3,6H2,1-2H3;1-2H3. The predicted molar refractivity (Wildman–Crippen MR) is 68.1 cm³/mol. The van der Waals surface area contributed by atoms with Crippen LogP contribution in [0.4, 0.5) is 5.69 Å². The van der Waals surface area contributed by atoms with E-state index in [2.05, 4.69) is 5.32 Å². The minimum absolute atomic E-state index is 0.0178. The van der Waals surface area contributed by atoms with Gasteiger partial charge in [0, 0.05) is 23.9 Å². The number of hydrogen-bond acceptors (Lipinski definition) is 4. The summed E-state index contributed by atoms with van der Waals surface area (Å²) in [6, 6.07) is 3.53. The summed E-state index contributed by atoms with van der Waals surface area (Å²) in [5.74, 6) is 1.35. The van der Waals surface area contributed by atoms with E-state index in [1.54, 1.807) is 13.0 Å². The van der Waals surface area contributed by atoms with Gasteiger partial charge in [-0.15, -0.1) is 0 Å². The number of rotatable bonds is 3. The molecule has 1 aromatic carbocycles. The molecule has 2 rings (SSSR count). The largest absolute Gasteiger partial charge is 0.454 e. The van der Waals surface area contributed by atoms with Gasteiger partial charge in [-0.1, -0.05) is 13.8 Å². The van der Waals surface area contributed by atoms with Crippen LogP contribution in [0.15, 0.2) is 12.1 Å². The molecular formula is C13H19NO3. The fourth-order valence-electron chi connectivity index (χ4n) is 1.57. The molecule has 4 heteroatoms. The van der Waals surface area contributed by atoms with Crippen LogP contribution in [0.2, 0.25) is 0 Å². The molecule has 4 nitrogen and oxygen atoms in total. The van der Waals surface area contributed by atoms with Gasteiger partial charge >= 0.3 is 0 Å². The summed E-state index contributed by atoms with van der Waals surface area (Å²) < 4.78 is 10.5. The molecule has 0 bridgehead atoms. The highest BCUT2D eigenvalue weighted by Gasteiger charge is 2.18. The van der Waals surface area contributed by atoms with Crippen molar-refractivity contribution in [2.45, 2.75) is 27.7 Å². The van der Waals surface area contributed by atoms with Gasteiger partial charge < -0.3 is 14.8 Å². The van der Waals surface area contributed by atoms with Crippen LogP contribution in [0.1, 0.15) is 38.1 Å². The number of anilines is 1. The number of ketones is 1. The summed E-state index contributed by atoms with van der Waals surface area (Å²) in [5.41, 5.74) is 1.44. The fraction of sp³-hybridized carbons (Fsp3) is 0.462. The van der Waals surface area contributed by atoms with Crippen molar-refractivity contribution >= 4 is 11.5 Å². The molecule has 1 aromatic rings. The third-order valence-electron chi connectivity index (χ3n) is 2.26. The number of Topliss-reactive ketones (excluding diaryl/α,β-unsaturated/α-hetero) is 1. The first-order valence-electron chi connectivity index (χ1n) is 5.91. The van der Waals surface area contributed by atoms with Crippen LogP contribution >= 0.6 is 0 Å². The first kappa shape index (κ1) is 13.4. The lowest BCUT2D eigenvalue weighted by Crippen LogP contribution is -2.03. The monoisotopic (exact) mass is 237 g/mol. The van der Waals surface area contributed by atoms with Crippen molar-refractivity contribution in [3.63, 3.8) is 0 Å². The third-order valence-corrected chi connectivity index (χ3v) is 2.26. The van der Waals surface area contributed by atoms with Crippen LogP contribution in [-0.2, 0) is 0 Å². The molecule has 1 aliphatic rings. The van der Waals surface area contributed by atoms with Gasteiger partial charge in [0.1, 0.15) is 0 Å². The zero-order valence-electron chi connectivity index (χ0n) is 10.8. The van der Waals surface area contributed by atoms with Crippen LogP contribution in [0, 0.1) is 0 Å². The Bertz CT molecular complexity index is 402.